The molecule has 0 spiro atoms. The van der Waals surface area contributed by atoms with Crippen LogP contribution in [-0.4, -0.2) is 30.1 Å². The van der Waals surface area contributed by atoms with Crippen molar-refractivity contribution in [3.05, 3.63) is 78.4 Å². The zero-order valence-corrected chi connectivity index (χ0v) is 14.8. The molecule has 2 aliphatic heterocycles. The van der Waals surface area contributed by atoms with Crippen LogP contribution in [0.1, 0.15) is 12.0 Å². The number of fused-ring (bicyclic) bond motifs is 2. The maximum absolute atomic E-state index is 12.6. The fraction of sp³-hybridized carbons (Fsp3) is 0.318. The van der Waals surface area contributed by atoms with Gasteiger partial charge in [0.15, 0.2) is 0 Å². The number of hydrogen-bond acceptors (Lipinski definition) is 3. The Morgan fingerprint density at radius 2 is 1.77 bits per heavy atom. The van der Waals surface area contributed by atoms with E-state index in [0.717, 1.165) is 30.8 Å². The number of piperidine rings is 1. The molecule has 134 valence electrons. The molecule has 1 fully saturated rings. The lowest BCUT2D eigenvalue weighted by Crippen LogP contribution is -2.54. The van der Waals surface area contributed by atoms with Gasteiger partial charge in [-0.3, -0.25) is 0 Å². The lowest BCUT2D eigenvalue weighted by molar-refractivity contribution is 0.0476. The Labute approximate surface area is 154 Å². The highest BCUT2D eigenvalue weighted by Crippen LogP contribution is 2.35. The van der Waals surface area contributed by atoms with Crippen molar-refractivity contribution >= 4 is 11.8 Å². The van der Waals surface area contributed by atoms with Gasteiger partial charge >= 0.3 is 6.09 Å². The van der Waals surface area contributed by atoms with Gasteiger partial charge in [0.2, 0.25) is 0 Å². The molecule has 4 heteroatoms. The summed E-state index contributed by atoms with van der Waals surface area (Å²) in [6.45, 7) is 1.94. The van der Waals surface area contributed by atoms with Crippen molar-refractivity contribution in [3.8, 4) is 0 Å². The summed E-state index contributed by atoms with van der Waals surface area (Å²) in [5.74, 6) is 0.829. The number of benzene rings is 2. The SMILES string of the molecule is O=C(OCc1ccccc1)N1CC2C=CC1C(CNc1ccccc1)C2. The highest BCUT2D eigenvalue weighted by molar-refractivity contribution is 5.69. The second-order valence-corrected chi connectivity index (χ2v) is 7.07. The molecule has 5 rings (SSSR count). The summed E-state index contributed by atoms with van der Waals surface area (Å²) < 4.78 is 5.56. The van der Waals surface area contributed by atoms with E-state index in [9.17, 15) is 4.79 Å². The molecule has 2 heterocycles. The normalized spacial score (nSPS) is 23.7. The molecular formula is C22H24N2O2. The second kappa shape index (κ2) is 7.65. The number of para-hydroxylation sites is 1. The van der Waals surface area contributed by atoms with Crippen LogP contribution in [0, 0.1) is 11.8 Å². The van der Waals surface area contributed by atoms with Crippen molar-refractivity contribution < 1.29 is 9.53 Å². The summed E-state index contributed by atoms with van der Waals surface area (Å²) in [5.41, 5.74) is 2.14. The Kier molecular flexibility index (Phi) is 4.91. The molecule has 2 aromatic carbocycles. The molecule has 3 atom stereocenters. The number of rotatable bonds is 5. The molecule has 0 saturated carbocycles. The number of hydrogen-bond donors (Lipinski definition) is 1. The Balaban J connectivity index is 1.36. The lowest BCUT2D eigenvalue weighted by atomic mass is 9.77. The lowest BCUT2D eigenvalue weighted by Gasteiger charge is -2.45. The van der Waals surface area contributed by atoms with Gasteiger partial charge in [-0.2, -0.15) is 0 Å². The van der Waals surface area contributed by atoms with Gasteiger partial charge in [0.25, 0.3) is 0 Å². The van der Waals surface area contributed by atoms with Crippen molar-refractivity contribution in [2.75, 3.05) is 18.4 Å². The molecule has 3 aliphatic rings. The predicted molar refractivity (Wildman–Crippen MR) is 103 cm³/mol. The third-order valence-corrected chi connectivity index (χ3v) is 5.24. The first-order chi connectivity index (χ1) is 12.8. The largest absolute Gasteiger partial charge is 0.445 e. The number of amides is 1. The molecule has 3 unspecified atom stereocenters. The summed E-state index contributed by atoms with van der Waals surface area (Å²) in [6, 6.07) is 20.2. The fourth-order valence-electron chi connectivity index (χ4n) is 3.91. The van der Waals surface area contributed by atoms with E-state index in [4.69, 9.17) is 4.74 Å². The summed E-state index contributed by atoms with van der Waals surface area (Å²) in [6.07, 6.45) is 5.34. The van der Waals surface area contributed by atoms with E-state index < -0.39 is 0 Å². The van der Waals surface area contributed by atoms with E-state index in [1.165, 1.54) is 0 Å². The van der Waals surface area contributed by atoms with Crippen LogP contribution in [0.5, 0.6) is 0 Å². The Bertz CT molecular complexity index is 760. The maximum atomic E-state index is 12.6. The molecule has 2 bridgehead atoms. The number of carbonyl (C=O) groups is 1. The number of anilines is 1. The van der Waals surface area contributed by atoms with Gasteiger partial charge < -0.3 is 15.0 Å². The van der Waals surface area contributed by atoms with Crippen molar-refractivity contribution in [3.63, 3.8) is 0 Å². The fourth-order valence-corrected chi connectivity index (χ4v) is 3.91. The average molecular weight is 348 g/mol. The van der Waals surface area contributed by atoms with Crippen molar-refractivity contribution in [1.82, 2.24) is 4.90 Å². The summed E-state index contributed by atoms with van der Waals surface area (Å²) >= 11 is 0. The van der Waals surface area contributed by atoms with Crippen LogP contribution in [0.15, 0.2) is 72.8 Å². The van der Waals surface area contributed by atoms with Gasteiger partial charge in [-0.05, 0) is 30.0 Å². The van der Waals surface area contributed by atoms with E-state index in [1.54, 1.807) is 0 Å². The summed E-state index contributed by atoms with van der Waals surface area (Å²) in [7, 11) is 0. The molecule has 1 amide bonds. The first-order valence-corrected chi connectivity index (χ1v) is 9.24. The Hall–Kier alpha value is -2.75. The minimum absolute atomic E-state index is 0.111. The highest BCUT2D eigenvalue weighted by Gasteiger charge is 2.40. The van der Waals surface area contributed by atoms with Gasteiger partial charge in [-0.15, -0.1) is 0 Å². The highest BCUT2D eigenvalue weighted by atomic mass is 16.6. The van der Waals surface area contributed by atoms with E-state index in [1.807, 2.05) is 53.4 Å². The zero-order chi connectivity index (χ0) is 17.8. The van der Waals surface area contributed by atoms with Crippen LogP contribution in [0.4, 0.5) is 10.5 Å². The van der Waals surface area contributed by atoms with Crippen molar-refractivity contribution in [1.29, 1.82) is 0 Å². The zero-order valence-electron chi connectivity index (χ0n) is 14.8. The maximum Gasteiger partial charge on any atom is 0.410 e. The third-order valence-electron chi connectivity index (χ3n) is 5.24. The predicted octanol–water partition coefficient (Wildman–Crippen LogP) is 4.31. The monoisotopic (exact) mass is 348 g/mol. The van der Waals surface area contributed by atoms with E-state index in [2.05, 4.69) is 29.6 Å². The number of ether oxygens (including phenoxy) is 1. The van der Waals surface area contributed by atoms with Crippen molar-refractivity contribution in [2.45, 2.75) is 19.1 Å². The average Bonchev–Trinajstić information content (AvgIpc) is 2.72. The van der Waals surface area contributed by atoms with E-state index in [0.29, 0.717) is 18.4 Å². The topological polar surface area (TPSA) is 41.6 Å². The van der Waals surface area contributed by atoms with Gasteiger partial charge in [0.05, 0.1) is 6.04 Å². The van der Waals surface area contributed by atoms with Crippen LogP contribution < -0.4 is 5.32 Å². The number of carbonyl (C=O) groups excluding carboxylic acids is 1. The van der Waals surface area contributed by atoms with Gasteiger partial charge in [0, 0.05) is 24.7 Å². The van der Waals surface area contributed by atoms with E-state index >= 15 is 0 Å². The van der Waals surface area contributed by atoms with Gasteiger partial charge in [0.1, 0.15) is 6.61 Å². The molecule has 0 radical (unpaired) electrons. The molecular weight excluding hydrogens is 324 g/mol. The van der Waals surface area contributed by atoms with Crippen LogP contribution in [0.2, 0.25) is 0 Å². The summed E-state index contributed by atoms with van der Waals surface area (Å²) in [4.78, 5) is 14.5. The Morgan fingerprint density at radius 1 is 1.04 bits per heavy atom. The quantitative estimate of drug-likeness (QED) is 0.819. The summed E-state index contributed by atoms with van der Waals surface area (Å²) in [5, 5.41) is 3.50. The molecule has 0 aromatic heterocycles. The smallest absolute Gasteiger partial charge is 0.410 e. The standard InChI is InChI=1S/C22H24N2O2/c25-22(26-16-17-7-3-1-4-8-17)24-15-18-11-12-21(24)19(13-18)14-23-20-9-5-2-6-10-20/h1-12,18-19,21,23H,13-16H2. The molecule has 4 nitrogen and oxygen atoms in total. The minimum Gasteiger partial charge on any atom is -0.445 e. The minimum atomic E-state index is -0.211. The number of nitrogens with zero attached hydrogens (tertiary/aromatic N) is 1. The van der Waals surface area contributed by atoms with Gasteiger partial charge in [-0.25, -0.2) is 4.79 Å². The molecule has 2 aromatic rings. The van der Waals surface area contributed by atoms with E-state index in [-0.39, 0.29) is 12.1 Å². The molecule has 26 heavy (non-hydrogen) atoms. The third kappa shape index (κ3) is 3.74. The van der Waals surface area contributed by atoms with Crippen LogP contribution >= 0.6 is 0 Å². The van der Waals surface area contributed by atoms with Crippen LogP contribution in [0.3, 0.4) is 0 Å². The van der Waals surface area contributed by atoms with Crippen LogP contribution in [-0.2, 0) is 11.3 Å². The first-order valence-electron chi connectivity index (χ1n) is 9.24. The Morgan fingerprint density at radius 3 is 2.50 bits per heavy atom. The van der Waals surface area contributed by atoms with Crippen LogP contribution in [0.25, 0.3) is 0 Å². The number of nitrogens with one attached hydrogen (secondary N) is 1. The van der Waals surface area contributed by atoms with Gasteiger partial charge in [-0.1, -0.05) is 60.7 Å². The molecule has 1 saturated heterocycles. The first kappa shape index (κ1) is 16.7. The van der Waals surface area contributed by atoms with Crippen molar-refractivity contribution in [2.24, 2.45) is 11.8 Å². The molecule has 1 aliphatic carbocycles. The second-order valence-electron chi connectivity index (χ2n) is 7.07. The molecule has 1 N–H and O–H groups in total.